The van der Waals surface area contributed by atoms with Gasteiger partial charge in [0.1, 0.15) is 0 Å². The summed E-state index contributed by atoms with van der Waals surface area (Å²) in [5.41, 5.74) is 0.850. The van der Waals surface area contributed by atoms with Crippen LogP contribution in [0.15, 0.2) is 18.2 Å². The number of hydrogen-bond donors (Lipinski definition) is 0. The van der Waals surface area contributed by atoms with Gasteiger partial charge in [-0.1, -0.05) is 35.3 Å². The molecular formula is C9H7Cl3O. The molecule has 0 aliphatic heterocycles. The summed E-state index contributed by atoms with van der Waals surface area (Å²) in [6.07, 6.45) is 0.809. The van der Waals surface area contributed by atoms with E-state index in [2.05, 4.69) is 0 Å². The number of rotatable bonds is 3. The average molecular weight is 238 g/mol. The molecule has 0 atom stereocenters. The second kappa shape index (κ2) is 4.85. The highest BCUT2D eigenvalue weighted by Crippen LogP contribution is 2.26. The van der Waals surface area contributed by atoms with Gasteiger partial charge < -0.3 is 0 Å². The zero-order valence-corrected chi connectivity index (χ0v) is 8.96. The van der Waals surface area contributed by atoms with Crippen molar-refractivity contribution in [3.8, 4) is 0 Å². The summed E-state index contributed by atoms with van der Waals surface area (Å²) in [6, 6.07) is 5.33. The Bertz CT molecular complexity index is 323. The van der Waals surface area contributed by atoms with Gasteiger partial charge in [-0.3, -0.25) is 4.79 Å². The minimum atomic E-state index is -0.365. The second-order valence-electron chi connectivity index (χ2n) is 2.57. The van der Waals surface area contributed by atoms with Crippen molar-refractivity contribution in [1.29, 1.82) is 0 Å². The Kier molecular flexibility index (Phi) is 4.04. The van der Waals surface area contributed by atoms with Crippen molar-refractivity contribution in [3.05, 3.63) is 33.8 Å². The van der Waals surface area contributed by atoms with Crippen LogP contribution in [-0.4, -0.2) is 5.24 Å². The van der Waals surface area contributed by atoms with E-state index in [1.54, 1.807) is 12.1 Å². The van der Waals surface area contributed by atoms with Gasteiger partial charge in [-0.2, -0.15) is 0 Å². The quantitative estimate of drug-likeness (QED) is 0.733. The maximum Gasteiger partial charge on any atom is 0.221 e. The first-order valence-corrected chi connectivity index (χ1v) is 4.86. The summed E-state index contributed by atoms with van der Waals surface area (Å²) in [4.78, 5) is 10.5. The first-order valence-electron chi connectivity index (χ1n) is 3.72. The van der Waals surface area contributed by atoms with Gasteiger partial charge in [0.25, 0.3) is 0 Å². The molecule has 0 amide bonds. The van der Waals surface area contributed by atoms with Crippen molar-refractivity contribution < 1.29 is 4.79 Å². The van der Waals surface area contributed by atoms with Crippen LogP contribution in [0.4, 0.5) is 0 Å². The Morgan fingerprint density at radius 2 is 2.00 bits per heavy atom. The molecule has 13 heavy (non-hydrogen) atoms. The molecule has 70 valence electrons. The highest BCUT2D eigenvalue weighted by atomic mass is 35.5. The van der Waals surface area contributed by atoms with Crippen LogP contribution in [-0.2, 0) is 11.2 Å². The molecule has 1 nitrogen and oxygen atoms in total. The predicted molar refractivity (Wildman–Crippen MR) is 55.6 cm³/mol. The smallest absolute Gasteiger partial charge is 0.221 e. The fraction of sp³-hybridized carbons (Fsp3) is 0.222. The summed E-state index contributed by atoms with van der Waals surface area (Å²) in [7, 11) is 0. The molecule has 0 saturated carbocycles. The molecule has 0 heterocycles. The SMILES string of the molecule is O=C(Cl)CCc1cccc(Cl)c1Cl. The van der Waals surface area contributed by atoms with Gasteiger partial charge in [0.15, 0.2) is 0 Å². The average Bonchev–Trinajstić information content (AvgIpc) is 2.07. The molecule has 0 bridgehead atoms. The Morgan fingerprint density at radius 3 is 2.62 bits per heavy atom. The first kappa shape index (κ1) is 10.8. The summed E-state index contributed by atoms with van der Waals surface area (Å²) < 4.78 is 0. The molecule has 0 aliphatic rings. The Labute approximate surface area is 91.6 Å². The van der Waals surface area contributed by atoms with E-state index in [-0.39, 0.29) is 11.7 Å². The van der Waals surface area contributed by atoms with Crippen LogP contribution in [0, 0.1) is 0 Å². The predicted octanol–water partition coefficient (Wildman–Crippen LogP) is 3.69. The third-order valence-corrected chi connectivity index (χ3v) is 2.67. The van der Waals surface area contributed by atoms with Crippen molar-refractivity contribution in [2.75, 3.05) is 0 Å². The van der Waals surface area contributed by atoms with Crippen molar-refractivity contribution in [1.82, 2.24) is 0 Å². The second-order valence-corrected chi connectivity index (χ2v) is 3.77. The first-order chi connectivity index (χ1) is 6.11. The minimum Gasteiger partial charge on any atom is -0.281 e. The third kappa shape index (κ3) is 3.18. The van der Waals surface area contributed by atoms with Crippen LogP contribution < -0.4 is 0 Å². The highest BCUT2D eigenvalue weighted by molar-refractivity contribution is 6.63. The minimum absolute atomic E-state index is 0.279. The molecule has 0 aliphatic carbocycles. The molecule has 0 saturated heterocycles. The van der Waals surface area contributed by atoms with Crippen LogP contribution in [0.2, 0.25) is 10.0 Å². The van der Waals surface area contributed by atoms with Crippen LogP contribution >= 0.6 is 34.8 Å². The Balaban J connectivity index is 2.77. The largest absolute Gasteiger partial charge is 0.281 e. The van der Waals surface area contributed by atoms with Crippen molar-refractivity contribution >= 4 is 40.0 Å². The number of aryl methyl sites for hydroxylation is 1. The topological polar surface area (TPSA) is 17.1 Å². The molecule has 0 aromatic heterocycles. The number of benzene rings is 1. The normalized spacial score (nSPS) is 10.1. The molecule has 0 fully saturated rings. The van der Waals surface area contributed by atoms with E-state index >= 15 is 0 Å². The van der Waals surface area contributed by atoms with E-state index in [1.165, 1.54) is 0 Å². The fourth-order valence-electron chi connectivity index (χ4n) is 0.974. The molecule has 0 spiro atoms. The zero-order valence-electron chi connectivity index (χ0n) is 6.69. The van der Waals surface area contributed by atoms with Gasteiger partial charge in [0.2, 0.25) is 5.24 Å². The van der Waals surface area contributed by atoms with Crippen LogP contribution in [0.3, 0.4) is 0 Å². The standard InChI is InChI=1S/C9H7Cl3O/c10-7-3-1-2-6(9(7)12)4-5-8(11)13/h1-3H,4-5H2. The maximum absolute atomic E-state index is 10.5. The van der Waals surface area contributed by atoms with Crippen molar-refractivity contribution in [2.24, 2.45) is 0 Å². The third-order valence-electron chi connectivity index (χ3n) is 1.62. The monoisotopic (exact) mass is 236 g/mol. The molecule has 1 rings (SSSR count). The molecule has 1 aromatic carbocycles. The van der Waals surface area contributed by atoms with Crippen LogP contribution in [0.5, 0.6) is 0 Å². The van der Waals surface area contributed by atoms with Gasteiger partial charge in [-0.15, -0.1) is 0 Å². The lowest BCUT2D eigenvalue weighted by atomic mass is 10.1. The number of carbonyl (C=O) groups is 1. The van der Waals surface area contributed by atoms with Crippen molar-refractivity contribution in [3.63, 3.8) is 0 Å². The Morgan fingerprint density at radius 1 is 1.31 bits per heavy atom. The fourth-order valence-corrected chi connectivity index (χ4v) is 1.48. The summed E-state index contributed by atoms with van der Waals surface area (Å²) in [6.45, 7) is 0. The van der Waals surface area contributed by atoms with Gasteiger partial charge in [0, 0.05) is 6.42 Å². The zero-order chi connectivity index (χ0) is 9.84. The lowest BCUT2D eigenvalue weighted by Gasteiger charge is -2.02. The van der Waals surface area contributed by atoms with Gasteiger partial charge in [-0.25, -0.2) is 0 Å². The van der Waals surface area contributed by atoms with E-state index in [1.807, 2.05) is 6.07 Å². The summed E-state index contributed by atoms with van der Waals surface area (Å²) in [5.74, 6) is 0. The lowest BCUT2D eigenvalue weighted by Crippen LogP contribution is -1.92. The van der Waals surface area contributed by atoms with Crippen molar-refractivity contribution in [2.45, 2.75) is 12.8 Å². The molecule has 0 unspecified atom stereocenters. The summed E-state index contributed by atoms with van der Waals surface area (Å²) in [5, 5.41) is 0.638. The maximum atomic E-state index is 10.5. The molecule has 0 radical (unpaired) electrons. The lowest BCUT2D eigenvalue weighted by molar-refractivity contribution is -0.111. The van der Waals surface area contributed by atoms with E-state index in [0.29, 0.717) is 16.5 Å². The van der Waals surface area contributed by atoms with E-state index in [4.69, 9.17) is 34.8 Å². The highest BCUT2D eigenvalue weighted by Gasteiger charge is 2.05. The van der Waals surface area contributed by atoms with Gasteiger partial charge in [-0.05, 0) is 29.7 Å². The molecule has 0 N–H and O–H groups in total. The van der Waals surface area contributed by atoms with E-state index in [9.17, 15) is 4.79 Å². The molecule has 4 heteroatoms. The number of carbonyl (C=O) groups excluding carboxylic acids is 1. The number of halogens is 3. The molecular weight excluding hydrogens is 230 g/mol. The van der Waals surface area contributed by atoms with E-state index < -0.39 is 0 Å². The van der Waals surface area contributed by atoms with Gasteiger partial charge >= 0.3 is 0 Å². The van der Waals surface area contributed by atoms with Crippen LogP contribution in [0.1, 0.15) is 12.0 Å². The van der Waals surface area contributed by atoms with E-state index in [0.717, 1.165) is 5.56 Å². The molecule has 1 aromatic rings. The summed E-state index contributed by atoms with van der Waals surface area (Å²) >= 11 is 16.9. The van der Waals surface area contributed by atoms with Gasteiger partial charge in [0.05, 0.1) is 10.0 Å². The number of hydrogen-bond acceptors (Lipinski definition) is 1. The Hall–Kier alpha value is -0.240. The van der Waals surface area contributed by atoms with Crippen LogP contribution in [0.25, 0.3) is 0 Å².